The van der Waals surface area contributed by atoms with Crippen LogP contribution >= 0.6 is 11.3 Å². The molecule has 1 fully saturated rings. The predicted molar refractivity (Wildman–Crippen MR) is 77.8 cm³/mol. The standard InChI is InChI=1S/C13H17N5O2S/c1-8-9(2)21-13(18-7-15-16-17-18)11(8)12(19)14-6-10-4-3-5-20-10/h7,10H,3-6H2,1-2H3,(H,14,19)/t10-/m1/s1. The number of nitrogens with zero attached hydrogens (tertiary/aromatic N) is 4. The van der Waals surface area contributed by atoms with Gasteiger partial charge >= 0.3 is 0 Å². The molecular weight excluding hydrogens is 290 g/mol. The van der Waals surface area contributed by atoms with Crippen LogP contribution in [0.4, 0.5) is 0 Å². The normalized spacial score (nSPS) is 18.1. The Bertz CT molecular complexity index is 631. The molecule has 0 unspecified atom stereocenters. The first-order valence-electron chi connectivity index (χ1n) is 6.90. The van der Waals surface area contributed by atoms with E-state index in [0.29, 0.717) is 12.1 Å². The van der Waals surface area contributed by atoms with E-state index in [4.69, 9.17) is 4.74 Å². The quantitative estimate of drug-likeness (QED) is 0.919. The van der Waals surface area contributed by atoms with Crippen molar-refractivity contribution in [1.82, 2.24) is 25.5 Å². The van der Waals surface area contributed by atoms with Crippen LogP contribution in [0.15, 0.2) is 6.33 Å². The number of amides is 1. The van der Waals surface area contributed by atoms with Gasteiger partial charge in [0.05, 0.1) is 11.7 Å². The van der Waals surface area contributed by atoms with Crippen molar-refractivity contribution >= 4 is 17.2 Å². The molecule has 0 aromatic carbocycles. The van der Waals surface area contributed by atoms with Gasteiger partial charge in [-0.05, 0) is 42.7 Å². The lowest BCUT2D eigenvalue weighted by Crippen LogP contribution is -2.32. The number of aryl methyl sites for hydroxylation is 1. The Labute approximate surface area is 126 Å². The molecule has 3 rings (SSSR count). The van der Waals surface area contributed by atoms with Crippen molar-refractivity contribution in [2.75, 3.05) is 13.2 Å². The molecule has 1 atom stereocenters. The van der Waals surface area contributed by atoms with Crippen LogP contribution in [0.5, 0.6) is 0 Å². The minimum Gasteiger partial charge on any atom is -0.376 e. The average molecular weight is 307 g/mol. The number of carbonyl (C=O) groups is 1. The Morgan fingerprint density at radius 1 is 1.57 bits per heavy atom. The molecule has 0 saturated carbocycles. The van der Waals surface area contributed by atoms with Crippen molar-refractivity contribution in [3.05, 3.63) is 22.3 Å². The molecule has 0 bridgehead atoms. The lowest BCUT2D eigenvalue weighted by atomic mass is 10.1. The monoisotopic (exact) mass is 307 g/mol. The summed E-state index contributed by atoms with van der Waals surface area (Å²) in [5.41, 5.74) is 1.61. The Hall–Kier alpha value is -1.80. The number of hydrogen-bond donors (Lipinski definition) is 1. The van der Waals surface area contributed by atoms with E-state index < -0.39 is 0 Å². The second kappa shape index (κ2) is 5.90. The second-order valence-corrected chi connectivity index (χ2v) is 6.27. The molecule has 2 aromatic heterocycles. The molecule has 7 nitrogen and oxygen atoms in total. The summed E-state index contributed by atoms with van der Waals surface area (Å²) < 4.78 is 7.06. The van der Waals surface area contributed by atoms with E-state index in [1.54, 1.807) is 0 Å². The number of rotatable bonds is 4. The van der Waals surface area contributed by atoms with Gasteiger partial charge in [0.15, 0.2) is 0 Å². The number of nitrogens with one attached hydrogen (secondary N) is 1. The maximum Gasteiger partial charge on any atom is 0.254 e. The van der Waals surface area contributed by atoms with E-state index in [2.05, 4.69) is 20.8 Å². The highest BCUT2D eigenvalue weighted by Gasteiger charge is 2.23. The van der Waals surface area contributed by atoms with Crippen LogP contribution in [0.3, 0.4) is 0 Å². The lowest BCUT2D eigenvalue weighted by molar-refractivity contribution is 0.0857. The summed E-state index contributed by atoms with van der Waals surface area (Å²) in [6, 6.07) is 0. The highest BCUT2D eigenvalue weighted by Crippen LogP contribution is 2.30. The van der Waals surface area contributed by atoms with Crippen LogP contribution in [0, 0.1) is 13.8 Å². The van der Waals surface area contributed by atoms with Gasteiger partial charge in [0, 0.05) is 18.0 Å². The fraction of sp³-hybridized carbons (Fsp3) is 0.538. The van der Waals surface area contributed by atoms with Gasteiger partial charge in [-0.25, -0.2) is 0 Å². The third kappa shape index (κ3) is 2.81. The zero-order valence-electron chi connectivity index (χ0n) is 12.0. The van der Waals surface area contributed by atoms with E-state index in [1.165, 1.54) is 22.3 Å². The molecule has 8 heteroatoms. The molecule has 0 aliphatic carbocycles. The first kappa shape index (κ1) is 14.2. The van der Waals surface area contributed by atoms with Crippen LogP contribution in [-0.2, 0) is 4.74 Å². The predicted octanol–water partition coefficient (Wildman–Crippen LogP) is 1.25. The summed E-state index contributed by atoms with van der Waals surface area (Å²) in [5, 5.41) is 14.9. The molecule has 1 aliphatic heterocycles. The van der Waals surface area contributed by atoms with Crippen LogP contribution in [0.1, 0.15) is 33.6 Å². The van der Waals surface area contributed by atoms with E-state index >= 15 is 0 Å². The maximum atomic E-state index is 12.5. The summed E-state index contributed by atoms with van der Waals surface area (Å²) in [5.74, 6) is -0.0992. The first-order chi connectivity index (χ1) is 10.2. The number of hydrogen-bond acceptors (Lipinski definition) is 6. The molecule has 0 radical (unpaired) electrons. The number of tetrazole rings is 1. The van der Waals surface area contributed by atoms with Crippen molar-refractivity contribution in [2.45, 2.75) is 32.8 Å². The zero-order chi connectivity index (χ0) is 14.8. The van der Waals surface area contributed by atoms with Crippen LogP contribution in [0.2, 0.25) is 0 Å². The lowest BCUT2D eigenvalue weighted by Gasteiger charge is -2.11. The van der Waals surface area contributed by atoms with Crippen molar-refractivity contribution in [2.24, 2.45) is 0 Å². The Morgan fingerprint density at radius 2 is 2.43 bits per heavy atom. The molecule has 1 saturated heterocycles. The van der Waals surface area contributed by atoms with Crippen LogP contribution < -0.4 is 5.32 Å². The molecule has 1 N–H and O–H groups in total. The number of aromatic nitrogens is 4. The maximum absolute atomic E-state index is 12.5. The Morgan fingerprint density at radius 3 is 3.10 bits per heavy atom. The summed E-state index contributed by atoms with van der Waals surface area (Å²) >= 11 is 1.51. The summed E-state index contributed by atoms with van der Waals surface area (Å²) in [4.78, 5) is 13.6. The van der Waals surface area contributed by atoms with Gasteiger partial charge in [0.25, 0.3) is 5.91 Å². The molecule has 0 spiro atoms. The van der Waals surface area contributed by atoms with Crippen LogP contribution in [-0.4, -0.2) is 45.4 Å². The Balaban J connectivity index is 1.81. The van der Waals surface area contributed by atoms with Gasteiger partial charge in [0.2, 0.25) is 0 Å². The van der Waals surface area contributed by atoms with E-state index in [1.807, 2.05) is 13.8 Å². The Kier molecular flexibility index (Phi) is 3.98. The smallest absolute Gasteiger partial charge is 0.254 e. The average Bonchev–Trinajstić information content (AvgIpc) is 3.19. The molecule has 112 valence electrons. The first-order valence-corrected chi connectivity index (χ1v) is 7.71. The topological polar surface area (TPSA) is 81.9 Å². The van der Waals surface area contributed by atoms with Crippen molar-refractivity contribution in [3.63, 3.8) is 0 Å². The molecular formula is C13H17N5O2S. The molecule has 1 aliphatic rings. The van der Waals surface area contributed by atoms with Gasteiger partial charge < -0.3 is 10.1 Å². The molecule has 2 aromatic rings. The SMILES string of the molecule is Cc1sc(-n2cnnn2)c(C(=O)NC[C@H]2CCCO2)c1C. The fourth-order valence-corrected chi connectivity index (χ4v) is 3.46. The third-order valence-electron chi connectivity index (χ3n) is 3.67. The van der Waals surface area contributed by atoms with Gasteiger partial charge in [0.1, 0.15) is 11.3 Å². The number of thiophene rings is 1. The van der Waals surface area contributed by atoms with Gasteiger partial charge in [-0.15, -0.1) is 16.4 Å². The minimum absolute atomic E-state index is 0.0992. The highest BCUT2D eigenvalue weighted by molar-refractivity contribution is 7.15. The van der Waals surface area contributed by atoms with E-state index in [9.17, 15) is 4.79 Å². The summed E-state index contributed by atoms with van der Waals surface area (Å²) in [6.07, 6.45) is 3.70. The number of ether oxygens (including phenoxy) is 1. The van der Waals surface area contributed by atoms with Gasteiger partial charge in [-0.3, -0.25) is 4.79 Å². The third-order valence-corrected chi connectivity index (χ3v) is 4.86. The van der Waals surface area contributed by atoms with Gasteiger partial charge in [-0.1, -0.05) is 0 Å². The van der Waals surface area contributed by atoms with Crippen LogP contribution in [0.25, 0.3) is 5.00 Å². The summed E-state index contributed by atoms with van der Waals surface area (Å²) in [7, 11) is 0. The zero-order valence-corrected chi connectivity index (χ0v) is 12.8. The minimum atomic E-state index is -0.0992. The molecule has 1 amide bonds. The van der Waals surface area contributed by atoms with Gasteiger partial charge in [-0.2, -0.15) is 4.68 Å². The van der Waals surface area contributed by atoms with E-state index in [0.717, 1.165) is 34.9 Å². The summed E-state index contributed by atoms with van der Waals surface area (Å²) in [6.45, 7) is 5.26. The molecule has 3 heterocycles. The van der Waals surface area contributed by atoms with Crippen molar-refractivity contribution < 1.29 is 9.53 Å². The molecule has 21 heavy (non-hydrogen) atoms. The van der Waals surface area contributed by atoms with Crippen molar-refractivity contribution in [1.29, 1.82) is 0 Å². The fourth-order valence-electron chi connectivity index (χ4n) is 2.39. The van der Waals surface area contributed by atoms with Crippen molar-refractivity contribution in [3.8, 4) is 5.00 Å². The highest BCUT2D eigenvalue weighted by atomic mass is 32.1. The second-order valence-electron chi connectivity index (χ2n) is 5.06. The van der Waals surface area contributed by atoms with E-state index in [-0.39, 0.29) is 12.0 Å². The number of carbonyl (C=O) groups excluding carboxylic acids is 1. The largest absolute Gasteiger partial charge is 0.376 e.